The van der Waals surface area contributed by atoms with Crippen molar-refractivity contribution in [1.82, 2.24) is 5.32 Å². The van der Waals surface area contributed by atoms with Gasteiger partial charge in [-0.3, -0.25) is 4.79 Å². The van der Waals surface area contributed by atoms with E-state index in [0.717, 1.165) is 11.1 Å². The predicted octanol–water partition coefficient (Wildman–Crippen LogP) is 1.57. The lowest BCUT2D eigenvalue weighted by Crippen LogP contribution is -2.35. The van der Waals surface area contributed by atoms with Crippen LogP contribution in [0, 0.1) is 13.8 Å². The van der Waals surface area contributed by atoms with Gasteiger partial charge in [0.1, 0.15) is 5.75 Å². The number of carbonyl (C=O) groups excluding carboxylic acids is 1. The Morgan fingerprint density at radius 1 is 1.33 bits per heavy atom. The minimum atomic E-state index is -0.491. The molecule has 100 valence electrons. The number of aliphatic hydroxyl groups excluding tert-OH is 1. The molecule has 0 bridgehead atoms. The second-order valence-corrected chi connectivity index (χ2v) is 4.48. The van der Waals surface area contributed by atoms with Crippen molar-refractivity contribution in [3.8, 4) is 5.75 Å². The second-order valence-electron chi connectivity index (χ2n) is 4.48. The van der Waals surface area contributed by atoms with Crippen molar-refractivity contribution in [3.05, 3.63) is 29.3 Å². The highest BCUT2D eigenvalue weighted by atomic mass is 16.5. The SMILES string of the molecule is CCC(O)CNC(=O)COc1cc(C)cc(C)c1. The van der Waals surface area contributed by atoms with Crippen LogP contribution >= 0.6 is 0 Å². The van der Waals surface area contributed by atoms with E-state index in [-0.39, 0.29) is 19.1 Å². The Morgan fingerprint density at radius 2 is 1.94 bits per heavy atom. The first-order valence-electron chi connectivity index (χ1n) is 6.17. The third-order valence-corrected chi connectivity index (χ3v) is 2.57. The van der Waals surface area contributed by atoms with E-state index in [4.69, 9.17) is 4.74 Å². The Balaban J connectivity index is 2.38. The molecule has 1 aromatic rings. The first kappa shape index (κ1) is 14.5. The van der Waals surface area contributed by atoms with Gasteiger partial charge in [-0.05, 0) is 43.5 Å². The number of aliphatic hydroxyl groups is 1. The van der Waals surface area contributed by atoms with Crippen LogP contribution < -0.4 is 10.1 Å². The predicted molar refractivity (Wildman–Crippen MR) is 70.7 cm³/mol. The Labute approximate surface area is 108 Å². The van der Waals surface area contributed by atoms with Gasteiger partial charge in [-0.25, -0.2) is 0 Å². The molecule has 0 saturated heterocycles. The van der Waals surface area contributed by atoms with E-state index in [2.05, 4.69) is 5.32 Å². The number of hydrogen-bond acceptors (Lipinski definition) is 3. The summed E-state index contributed by atoms with van der Waals surface area (Å²) in [6.45, 7) is 6.07. The topological polar surface area (TPSA) is 58.6 Å². The summed E-state index contributed by atoms with van der Waals surface area (Å²) in [6.07, 6.45) is 0.133. The molecule has 18 heavy (non-hydrogen) atoms. The minimum absolute atomic E-state index is 0.0284. The molecule has 0 heterocycles. The number of nitrogens with one attached hydrogen (secondary N) is 1. The Bertz CT molecular complexity index is 384. The van der Waals surface area contributed by atoms with Crippen molar-refractivity contribution in [2.75, 3.05) is 13.2 Å². The second kappa shape index (κ2) is 7.01. The highest BCUT2D eigenvalue weighted by molar-refractivity contribution is 5.77. The average molecular weight is 251 g/mol. The molecule has 1 atom stereocenters. The Morgan fingerprint density at radius 3 is 2.50 bits per heavy atom. The maximum absolute atomic E-state index is 11.5. The molecule has 0 saturated carbocycles. The van der Waals surface area contributed by atoms with Gasteiger partial charge in [-0.15, -0.1) is 0 Å². The fourth-order valence-corrected chi connectivity index (χ4v) is 1.59. The first-order valence-corrected chi connectivity index (χ1v) is 6.17. The van der Waals surface area contributed by atoms with Gasteiger partial charge in [0.25, 0.3) is 5.91 Å². The van der Waals surface area contributed by atoms with Gasteiger partial charge in [-0.2, -0.15) is 0 Å². The summed E-state index contributed by atoms with van der Waals surface area (Å²) in [4.78, 5) is 11.5. The molecule has 0 radical (unpaired) electrons. The standard InChI is InChI=1S/C14H21NO3/c1-4-12(16)8-15-14(17)9-18-13-6-10(2)5-11(3)7-13/h5-7,12,16H,4,8-9H2,1-3H3,(H,15,17). The summed E-state index contributed by atoms with van der Waals surface area (Å²) < 4.78 is 5.40. The summed E-state index contributed by atoms with van der Waals surface area (Å²) >= 11 is 0. The van der Waals surface area contributed by atoms with E-state index in [1.807, 2.05) is 39.0 Å². The highest BCUT2D eigenvalue weighted by Gasteiger charge is 2.06. The van der Waals surface area contributed by atoms with Crippen LogP contribution in [0.25, 0.3) is 0 Å². The van der Waals surface area contributed by atoms with Crippen molar-refractivity contribution >= 4 is 5.91 Å². The molecule has 0 aliphatic heterocycles. The lowest BCUT2D eigenvalue weighted by Gasteiger charge is -2.11. The zero-order valence-electron chi connectivity index (χ0n) is 11.2. The number of ether oxygens (including phenoxy) is 1. The molecule has 0 aliphatic rings. The molecular formula is C14H21NO3. The normalized spacial score (nSPS) is 12.0. The molecule has 0 aliphatic carbocycles. The molecule has 0 fully saturated rings. The fourth-order valence-electron chi connectivity index (χ4n) is 1.59. The summed E-state index contributed by atoms with van der Waals surface area (Å²) in [5.74, 6) is 0.473. The zero-order chi connectivity index (χ0) is 13.5. The first-order chi connectivity index (χ1) is 8.51. The molecule has 0 aromatic heterocycles. The number of hydrogen-bond donors (Lipinski definition) is 2. The molecule has 4 nitrogen and oxygen atoms in total. The lowest BCUT2D eigenvalue weighted by molar-refractivity contribution is -0.123. The number of aryl methyl sites for hydroxylation is 2. The number of amides is 1. The van der Waals surface area contributed by atoms with Crippen LogP contribution in [-0.4, -0.2) is 30.3 Å². The molecule has 1 rings (SSSR count). The van der Waals surface area contributed by atoms with Crippen molar-refractivity contribution in [3.63, 3.8) is 0 Å². The van der Waals surface area contributed by atoms with Gasteiger partial charge in [0, 0.05) is 6.54 Å². The maximum Gasteiger partial charge on any atom is 0.258 e. The third kappa shape index (κ3) is 5.19. The highest BCUT2D eigenvalue weighted by Crippen LogP contribution is 2.15. The molecule has 4 heteroatoms. The van der Waals surface area contributed by atoms with Crippen LogP contribution in [0.2, 0.25) is 0 Å². The smallest absolute Gasteiger partial charge is 0.258 e. The maximum atomic E-state index is 11.5. The number of carbonyl (C=O) groups is 1. The van der Waals surface area contributed by atoms with Crippen molar-refractivity contribution in [2.45, 2.75) is 33.3 Å². The van der Waals surface area contributed by atoms with Gasteiger partial charge in [0.15, 0.2) is 6.61 Å². The lowest BCUT2D eigenvalue weighted by atomic mass is 10.1. The van der Waals surface area contributed by atoms with Crippen LogP contribution in [0.1, 0.15) is 24.5 Å². The van der Waals surface area contributed by atoms with E-state index in [1.54, 1.807) is 0 Å². The van der Waals surface area contributed by atoms with Gasteiger partial charge < -0.3 is 15.2 Å². The monoisotopic (exact) mass is 251 g/mol. The zero-order valence-corrected chi connectivity index (χ0v) is 11.2. The van der Waals surface area contributed by atoms with Gasteiger partial charge in [-0.1, -0.05) is 13.0 Å². The molecule has 1 aromatic carbocycles. The van der Waals surface area contributed by atoms with Crippen LogP contribution in [0.15, 0.2) is 18.2 Å². The Hall–Kier alpha value is -1.55. The molecular weight excluding hydrogens is 230 g/mol. The summed E-state index contributed by atoms with van der Waals surface area (Å²) in [7, 11) is 0. The summed E-state index contributed by atoms with van der Waals surface area (Å²) in [5, 5.41) is 11.9. The Kier molecular flexibility index (Phi) is 5.65. The van der Waals surface area contributed by atoms with Crippen molar-refractivity contribution < 1.29 is 14.6 Å². The number of rotatable bonds is 6. The quantitative estimate of drug-likeness (QED) is 0.807. The van der Waals surface area contributed by atoms with Crippen LogP contribution in [0.5, 0.6) is 5.75 Å². The molecule has 0 spiro atoms. The summed E-state index contributed by atoms with van der Waals surface area (Å²) in [6, 6.07) is 5.83. The van der Waals surface area contributed by atoms with Gasteiger partial charge in [0.05, 0.1) is 6.10 Å². The van der Waals surface area contributed by atoms with Crippen molar-refractivity contribution in [2.24, 2.45) is 0 Å². The number of benzene rings is 1. The van der Waals surface area contributed by atoms with E-state index < -0.39 is 6.10 Å². The van der Waals surface area contributed by atoms with Gasteiger partial charge >= 0.3 is 0 Å². The van der Waals surface area contributed by atoms with E-state index in [1.165, 1.54) is 0 Å². The molecule has 1 unspecified atom stereocenters. The fraction of sp³-hybridized carbons (Fsp3) is 0.500. The summed E-state index contributed by atoms with van der Waals surface area (Å²) in [5.41, 5.74) is 2.21. The minimum Gasteiger partial charge on any atom is -0.484 e. The third-order valence-electron chi connectivity index (χ3n) is 2.57. The largest absolute Gasteiger partial charge is 0.484 e. The average Bonchev–Trinajstić information content (AvgIpc) is 2.32. The van der Waals surface area contributed by atoms with Crippen molar-refractivity contribution in [1.29, 1.82) is 0 Å². The van der Waals surface area contributed by atoms with E-state index in [0.29, 0.717) is 12.2 Å². The van der Waals surface area contributed by atoms with Crippen LogP contribution in [-0.2, 0) is 4.79 Å². The van der Waals surface area contributed by atoms with Crippen LogP contribution in [0.4, 0.5) is 0 Å². The van der Waals surface area contributed by atoms with E-state index in [9.17, 15) is 9.90 Å². The van der Waals surface area contributed by atoms with E-state index >= 15 is 0 Å². The molecule has 1 amide bonds. The molecule has 2 N–H and O–H groups in total. The van der Waals surface area contributed by atoms with Crippen LogP contribution in [0.3, 0.4) is 0 Å². The van der Waals surface area contributed by atoms with Gasteiger partial charge in [0.2, 0.25) is 0 Å².